The summed E-state index contributed by atoms with van der Waals surface area (Å²) >= 11 is 0. The Balaban J connectivity index is 1.30. The Morgan fingerprint density at radius 1 is 0.950 bits per heavy atom. The van der Waals surface area contributed by atoms with Crippen LogP contribution < -0.4 is 0 Å². The normalized spacial score (nSPS) is 38.0. The largest absolute Gasteiger partial charge is 0.340 e. The summed E-state index contributed by atoms with van der Waals surface area (Å²) in [6.07, 6.45) is 12.1. The van der Waals surface area contributed by atoms with Gasteiger partial charge in [-0.3, -0.25) is 9.69 Å². The van der Waals surface area contributed by atoms with Gasteiger partial charge in [0.1, 0.15) is 0 Å². The lowest BCUT2D eigenvalue weighted by Gasteiger charge is -2.41. The maximum atomic E-state index is 12.4. The van der Waals surface area contributed by atoms with Crippen LogP contribution in [-0.4, -0.2) is 47.9 Å². The van der Waals surface area contributed by atoms with E-state index in [0.717, 1.165) is 56.9 Å². The van der Waals surface area contributed by atoms with E-state index in [1.54, 1.807) is 0 Å². The van der Waals surface area contributed by atoms with Crippen LogP contribution in [0, 0.1) is 17.8 Å². The molecule has 0 aromatic heterocycles. The van der Waals surface area contributed by atoms with Gasteiger partial charge in [0.25, 0.3) is 0 Å². The Bertz CT molecular complexity index is 403. The molecular formula is C17H26N2O. The summed E-state index contributed by atoms with van der Waals surface area (Å²) < 4.78 is 0. The van der Waals surface area contributed by atoms with E-state index in [4.69, 9.17) is 0 Å². The number of fused-ring (bicyclic) bond motifs is 2. The summed E-state index contributed by atoms with van der Waals surface area (Å²) in [6.45, 7) is 4.14. The zero-order chi connectivity index (χ0) is 13.5. The molecule has 20 heavy (non-hydrogen) atoms. The van der Waals surface area contributed by atoms with Crippen molar-refractivity contribution >= 4 is 5.91 Å². The monoisotopic (exact) mass is 274 g/mol. The molecule has 4 aliphatic rings. The molecule has 1 amide bonds. The predicted molar refractivity (Wildman–Crippen MR) is 79.3 cm³/mol. The lowest BCUT2D eigenvalue weighted by atomic mass is 9.93. The SMILES string of the molecule is O=C(C1CC=CC1)N1CCN(C2CC3CCC2C3)CC1. The van der Waals surface area contributed by atoms with Crippen molar-refractivity contribution in [3.8, 4) is 0 Å². The van der Waals surface area contributed by atoms with E-state index >= 15 is 0 Å². The molecule has 3 atom stereocenters. The number of hydrogen-bond acceptors (Lipinski definition) is 2. The minimum Gasteiger partial charge on any atom is -0.340 e. The van der Waals surface area contributed by atoms with Gasteiger partial charge in [-0.05, 0) is 43.9 Å². The summed E-state index contributed by atoms with van der Waals surface area (Å²) in [4.78, 5) is 17.2. The number of allylic oxidation sites excluding steroid dienone is 2. The highest BCUT2D eigenvalue weighted by Gasteiger charge is 2.43. The van der Waals surface area contributed by atoms with Crippen molar-refractivity contribution < 1.29 is 4.79 Å². The van der Waals surface area contributed by atoms with Crippen LogP contribution in [0.1, 0.15) is 38.5 Å². The van der Waals surface area contributed by atoms with E-state index in [1.165, 1.54) is 25.7 Å². The fraction of sp³-hybridized carbons (Fsp3) is 0.824. The molecule has 2 bridgehead atoms. The summed E-state index contributed by atoms with van der Waals surface area (Å²) in [7, 11) is 0. The zero-order valence-corrected chi connectivity index (χ0v) is 12.3. The van der Waals surface area contributed by atoms with Crippen molar-refractivity contribution in [2.75, 3.05) is 26.2 Å². The summed E-state index contributed by atoms with van der Waals surface area (Å²) in [5.41, 5.74) is 0. The Hall–Kier alpha value is -0.830. The van der Waals surface area contributed by atoms with E-state index in [1.807, 2.05) is 0 Å². The predicted octanol–water partition coefficient (Wildman–Crippen LogP) is 2.29. The van der Waals surface area contributed by atoms with Gasteiger partial charge in [0.15, 0.2) is 0 Å². The van der Waals surface area contributed by atoms with Crippen molar-refractivity contribution in [2.45, 2.75) is 44.6 Å². The molecule has 1 saturated heterocycles. The van der Waals surface area contributed by atoms with Gasteiger partial charge in [-0.25, -0.2) is 0 Å². The molecule has 0 aromatic rings. The summed E-state index contributed by atoms with van der Waals surface area (Å²) in [6, 6.07) is 0.846. The van der Waals surface area contributed by atoms with Crippen LogP contribution in [0.4, 0.5) is 0 Å². The van der Waals surface area contributed by atoms with E-state index in [-0.39, 0.29) is 5.92 Å². The molecule has 3 fully saturated rings. The Morgan fingerprint density at radius 2 is 1.70 bits per heavy atom. The van der Waals surface area contributed by atoms with Gasteiger partial charge in [-0.15, -0.1) is 0 Å². The lowest BCUT2D eigenvalue weighted by molar-refractivity contribution is -0.137. The van der Waals surface area contributed by atoms with Crippen molar-refractivity contribution in [1.29, 1.82) is 0 Å². The molecular weight excluding hydrogens is 248 g/mol. The Labute approximate surface area is 122 Å². The molecule has 3 aliphatic carbocycles. The van der Waals surface area contributed by atoms with Gasteiger partial charge in [-0.1, -0.05) is 18.6 Å². The van der Waals surface area contributed by atoms with Gasteiger partial charge in [0, 0.05) is 38.1 Å². The van der Waals surface area contributed by atoms with Gasteiger partial charge < -0.3 is 4.90 Å². The average molecular weight is 274 g/mol. The van der Waals surface area contributed by atoms with E-state index in [9.17, 15) is 4.79 Å². The second-order valence-electron chi connectivity index (χ2n) is 7.24. The molecule has 3 unspecified atom stereocenters. The molecule has 4 rings (SSSR count). The highest BCUT2D eigenvalue weighted by atomic mass is 16.2. The number of carbonyl (C=O) groups excluding carboxylic acids is 1. The molecule has 0 spiro atoms. The summed E-state index contributed by atoms with van der Waals surface area (Å²) in [5.74, 6) is 2.65. The Morgan fingerprint density at radius 3 is 2.30 bits per heavy atom. The molecule has 3 heteroatoms. The fourth-order valence-electron chi connectivity index (χ4n) is 5.01. The van der Waals surface area contributed by atoms with Crippen LogP contribution >= 0.6 is 0 Å². The van der Waals surface area contributed by atoms with Crippen molar-refractivity contribution in [3.05, 3.63) is 12.2 Å². The zero-order valence-electron chi connectivity index (χ0n) is 12.3. The molecule has 0 N–H and O–H groups in total. The quantitative estimate of drug-likeness (QED) is 0.721. The van der Waals surface area contributed by atoms with Crippen LogP contribution in [0.2, 0.25) is 0 Å². The third-order valence-electron chi connectivity index (χ3n) is 6.15. The van der Waals surface area contributed by atoms with Crippen molar-refractivity contribution in [2.24, 2.45) is 17.8 Å². The first-order chi connectivity index (χ1) is 9.81. The minimum atomic E-state index is 0.254. The van der Waals surface area contributed by atoms with Crippen LogP contribution in [0.3, 0.4) is 0 Å². The number of carbonyl (C=O) groups is 1. The maximum Gasteiger partial charge on any atom is 0.226 e. The van der Waals surface area contributed by atoms with Gasteiger partial charge in [-0.2, -0.15) is 0 Å². The molecule has 110 valence electrons. The second-order valence-corrected chi connectivity index (χ2v) is 7.24. The first kappa shape index (κ1) is 12.9. The minimum absolute atomic E-state index is 0.254. The second kappa shape index (κ2) is 5.18. The fourth-order valence-corrected chi connectivity index (χ4v) is 5.01. The number of amides is 1. The van der Waals surface area contributed by atoms with Crippen molar-refractivity contribution in [1.82, 2.24) is 9.80 Å². The van der Waals surface area contributed by atoms with Crippen LogP contribution in [0.15, 0.2) is 12.2 Å². The molecule has 2 saturated carbocycles. The van der Waals surface area contributed by atoms with E-state index in [0.29, 0.717) is 5.91 Å². The highest BCUT2D eigenvalue weighted by Crippen LogP contribution is 2.46. The average Bonchev–Trinajstić information content (AvgIpc) is 3.23. The topological polar surface area (TPSA) is 23.6 Å². The van der Waals surface area contributed by atoms with Crippen LogP contribution in [0.25, 0.3) is 0 Å². The number of nitrogens with zero attached hydrogens (tertiary/aromatic N) is 2. The standard InChI is InChI=1S/C17H26N2O/c20-17(14-3-1-2-4-14)19-9-7-18(8-10-19)16-12-13-5-6-15(16)11-13/h1-2,13-16H,3-12H2. The maximum absolute atomic E-state index is 12.4. The summed E-state index contributed by atoms with van der Waals surface area (Å²) in [5, 5.41) is 0. The molecule has 3 nitrogen and oxygen atoms in total. The first-order valence-electron chi connectivity index (χ1n) is 8.49. The Kier molecular flexibility index (Phi) is 3.33. The van der Waals surface area contributed by atoms with Gasteiger partial charge in [0.2, 0.25) is 5.91 Å². The molecule has 1 heterocycles. The number of piperazine rings is 1. The van der Waals surface area contributed by atoms with Crippen LogP contribution in [-0.2, 0) is 4.79 Å². The lowest BCUT2D eigenvalue weighted by Crippen LogP contribution is -2.54. The molecule has 0 aromatic carbocycles. The number of hydrogen-bond donors (Lipinski definition) is 0. The van der Waals surface area contributed by atoms with E-state index < -0.39 is 0 Å². The van der Waals surface area contributed by atoms with Crippen LogP contribution in [0.5, 0.6) is 0 Å². The third-order valence-corrected chi connectivity index (χ3v) is 6.15. The van der Waals surface area contributed by atoms with E-state index in [2.05, 4.69) is 22.0 Å². The first-order valence-corrected chi connectivity index (χ1v) is 8.49. The van der Waals surface area contributed by atoms with Gasteiger partial charge in [0.05, 0.1) is 0 Å². The molecule has 1 aliphatic heterocycles. The van der Waals surface area contributed by atoms with Gasteiger partial charge >= 0.3 is 0 Å². The number of rotatable bonds is 2. The van der Waals surface area contributed by atoms with Crippen molar-refractivity contribution in [3.63, 3.8) is 0 Å². The third kappa shape index (κ3) is 2.20. The molecule has 0 radical (unpaired) electrons. The highest BCUT2D eigenvalue weighted by molar-refractivity contribution is 5.79. The smallest absolute Gasteiger partial charge is 0.226 e.